The first-order valence-corrected chi connectivity index (χ1v) is 10.4. The van der Waals surface area contributed by atoms with Crippen LogP contribution >= 0.6 is 0 Å². The van der Waals surface area contributed by atoms with Gasteiger partial charge in [-0.3, -0.25) is 0 Å². The molecule has 2 rings (SSSR count). The summed E-state index contributed by atoms with van der Waals surface area (Å²) in [6.45, 7) is 22.0. The fourth-order valence-electron chi connectivity index (χ4n) is 4.41. The Hall–Kier alpha value is -1.31. The normalized spacial score (nSPS) is 31.2. The van der Waals surface area contributed by atoms with Gasteiger partial charge in [-0.05, 0) is 65.2 Å². The van der Waals surface area contributed by atoms with E-state index in [1.54, 1.807) is 6.92 Å². The summed E-state index contributed by atoms with van der Waals surface area (Å²) in [6, 6.07) is 0. The van der Waals surface area contributed by atoms with Crippen molar-refractivity contribution < 1.29 is 19.3 Å². The van der Waals surface area contributed by atoms with Gasteiger partial charge in [0.25, 0.3) is 0 Å². The average molecular weight is 391 g/mol. The molecule has 2 aliphatic carbocycles. The van der Waals surface area contributed by atoms with Crippen LogP contribution in [0.1, 0.15) is 88.0 Å². The van der Waals surface area contributed by atoms with Crippen LogP contribution in [0.2, 0.25) is 0 Å². The first-order valence-electron chi connectivity index (χ1n) is 10.4. The molecular formula is C24H38O4. The third kappa shape index (κ3) is 3.89. The topological polar surface area (TPSA) is 44.8 Å². The van der Waals surface area contributed by atoms with Crippen molar-refractivity contribution in [3.8, 4) is 11.8 Å². The summed E-state index contributed by atoms with van der Waals surface area (Å²) < 4.78 is 6.09. The van der Waals surface area contributed by atoms with Gasteiger partial charge in [-0.1, -0.05) is 46.1 Å². The second kappa shape index (κ2) is 7.18. The molecule has 0 radical (unpaired) electrons. The standard InChI is InChI=1S/C24H38O4/c1-11-20(4,5)27-28-21(6,7)14-15-24(26-19(25)17(2)3)16-18-12-13-23(24,10)22(18,8)9/h18H,2,11-13,16H2,1,3-10H3/t18-,23-,24-/m1/s1. The first kappa shape index (κ1) is 23.0. The molecule has 0 aromatic rings. The van der Waals surface area contributed by atoms with Crippen LogP contribution in [0.25, 0.3) is 0 Å². The van der Waals surface area contributed by atoms with E-state index in [9.17, 15) is 4.79 Å². The van der Waals surface area contributed by atoms with E-state index in [1.807, 2.05) is 34.6 Å². The fourth-order valence-corrected chi connectivity index (χ4v) is 4.41. The van der Waals surface area contributed by atoms with Crippen molar-refractivity contribution in [2.45, 2.75) is 105 Å². The van der Waals surface area contributed by atoms with Crippen molar-refractivity contribution in [2.24, 2.45) is 16.7 Å². The number of hydrogen-bond acceptors (Lipinski definition) is 4. The minimum Gasteiger partial charge on any atom is -0.442 e. The summed E-state index contributed by atoms with van der Waals surface area (Å²) in [5.41, 5.74) is -1.82. The lowest BCUT2D eigenvalue weighted by atomic mass is 9.64. The van der Waals surface area contributed by atoms with Gasteiger partial charge >= 0.3 is 5.97 Å². The Labute approximate surface area is 171 Å². The lowest BCUT2D eigenvalue weighted by molar-refractivity contribution is -0.388. The molecule has 0 aliphatic heterocycles. The van der Waals surface area contributed by atoms with Gasteiger partial charge in [-0.2, -0.15) is 0 Å². The van der Waals surface area contributed by atoms with Gasteiger partial charge in [0.15, 0.2) is 11.2 Å². The molecule has 0 saturated heterocycles. The molecule has 0 aromatic heterocycles. The predicted octanol–water partition coefficient (Wildman–Crippen LogP) is 5.61. The van der Waals surface area contributed by atoms with Gasteiger partial charge in [0, 0.05) is 17.4 Å². The summed E-state index contributed by atoms with van der Waals surface area (Å²) >= 11 is 0. The van der Waals surface area contributed by atoms with Gasteiger partial charge in [-0.25, -0.2) is 14.6 Å². The molecule has 0 spiro atoms. The van der Waals surface area contributed by atoms with E-state index in [4.69, 9.17) is 14.5 Å². The molecular weight excluding hydrogens is 352 g/mol. The molecule has 0 heterocycles. The Balaban J connectivity index is 2.38. The maximum atomic E-state index is 12.5. The summed E-state index contributed by atoms with van der Waals surface area (Å²) in [6.07, 6.45) is 3.71. The van der Waals surface area contributed by atoms with Gasteiger partial charge < -0.3 is 4.74 Å². The van der Waals surface area contributed by atoms with Crippen LogP contribution in [-0.4, -0.2) is 22.8 Å². The minimum absolute atomic E-state index is 0.0444. The number of fused-ring (bicyclic) bond motifs is 2. The molecule has 0 aromatic carbocycles. The molecule has 2 bridgehead atoms. The quantitative estimate of drug-likeness (QED) is 0.194. The van der Waals surface area contributed by atoms with E-state index >= 15 is 0 Å². The molecule has 3 atom stereocenters. The van der Waals surface area contributed by atoms with Crippen LogP contribution in [0.5, 0.6) is 0 Å². The van der Waals surface area contributed by atoms with Crippen molar-refractivity contribution in [1.82, 2.24) is 0 Å². The largest absolute Gasteiger partial charge is 0.442 e. The lowest BCUT2D eigenvalue weighted by Gasteiger charge is -2.44. The Morgan fingerprint density at radius 3 is 2.21 bits per heavy atom. The van der Waals surface area contributed by atoms with E-state index in [1.165, 1.54) is 0 Å². The van der Waals surface area contributed by atoms with Crippen LogP contribution in [-0.2, 0) is 19.3 Å². The molecule has 2 fully saturated rings. The molecule has 2 aliphatic rings. The molecule has 4 nitrogen and oxygen atoms in total. The van der Waals surface area contributed by atoms with Gasteiger partial charge in [0.1, 0.15) is 0 Å². The van der Waals surface area contributed by atoms with Crippen molar-refractivity contribution in [3.63, 3.8) is 0 Å². The molecule has 28 heavy (non-hydrogen) atoms. The van der Waals surface area contributed by atoms with Crippen molar-refractivity contribution in [1.29, 1.82) is 0 Å². The summed E-state index contributed by atoms with van der Waals surface area (Å²) in [4.78, 5) is 23.8. The number of ether oxygens (including phenoxy) is 1. The second-order valence-corrected chi connectivity index (χ2v) is 10.5. The van der Waals surface area contributed by atoms with E-state index in [2.05, 4.69) is 39.2 Å². The number of rotatable bonds is 6. The predicted molar refractivity (Wildman–Crippen MR) is 111 cm³/mol. The number of carbonyl (C=O) groups excluding carboxylic acids is 1. The second-order valence-electron chi connectivity index (χ2n) is 10.5. The number of esters is 1. The zero-order chi connectivity index (χ0) is 21.6. The molecule has 0 amide bonds. The Kier molecular flexibility index (Phi) is 5.89. The Morgan fingerprint density at radius 2 is 1.79 bits per heavy atom. The zero-order valence-electron chi connectivity index (χ0n) is 19.2. The van der Waals surface area contributed by atoms with Crippen LogP contribution in [0.4, 0.5) is 0 Å². The van der Waals surface area contributed by atoms with Gasteiger partial charge in [-0.15, -0.1) is 0 Å². The van der Waals surface area contributed by atoms with E-state index in [0.29, 0.717) is 11.5 Å². The highest BCUT2D eigenvalue weighted by molar-refractivity contribution is 5.87. The molecule has 0 N–H and O–H groups in total. The third-order valence-electron chi connectivity index (χ3n) is 7.37. The third-order valence-corrected chi connectivity index (χ3v) is 7.37. The van der Waals surface area contributed by atoms with Crippen molar-refractivity contribution in [2.75, 3.05) is 0 Å². The SMILES string of the molecule is C=C(C)C(=O)O[C@]1(C#CC(C)(C)OOC(C)(C)CC)C[C@H]2CC[C@]1(C)C2(C)C. The highest BCUT2D eigenvalue weighted by atomic mass is 17.2. The van der Waals surface area contributed by atoms with Gasteiger partial charge in [0.05, 0.1) is 5.60 Å². The average Bonchev–Trinajstić information content (AvgIpc) is 2.91. The Morgan fingerprint density at radius 1 is 1.18 bits per heavy atom. The molecule has 4 heteroatoms. The molecule has 2 saturated carbocycles. The van der Waals surface area contributed by atoms with Crippen molar-refractivity contribution >= 4 is 5.97 Å². The summed E-state index contributed by atoms with van der Waals surface area (Å²) in [5.74, 6) is 6.69. The summed E-state index contributed by atoms with van der Waals surface area (Å²) in [7, 11) is 0. The highest BCUT2D eigenvalue weighted by Crippen LogP contribution is 2.70. The molecule has 158 valence electrons. The highest BCUT2D eigenvalue weighted by Gasteiger charge is 2.70. The Bertz CT molecular complexity index is 706. The van der Waals surface area contributed by atoms with Crippen LogP contribution in [0.3, 0.4) is 0 Å². The minimum atomic E-state index is -0.837. The fraction of sp³-hybridized carbons (Fsp3) is 0.792. The van der Waals surface area contributed by atoms with Crippen LogP contribution < -0.4 is 0 Å². The smallest absolute Gasteiger partial charge is 0.334 e. The number of carbonyl (C=O) groups is 1. The van der Waals surface area contributed by atoms with Crippen molar-refractivity contribution in [3.05, 3.63) is 12.2 Å². The maximum absolute atomic E-state index is 12.5. The van der Waals surface area contributed by atoms with E-state index in [0.717, 1.165) is 25.7 Å². The maximum Gasteiger partial charge on any atom is 0.334 e. The van der Waals surface area contributed by atoms with E-state index < -0.39 is 11.2 Å². The zero-order valence-corrected chi connectivity index (χ0v) is 19.2. The van der Waals surface area contributed by atoms with Crippen LogP contribution in [0, 0.1) is 28.6 Å². The van der Waals surface area contributed by atoms with Crippen LogP contribution in [0.15, 0.2) is 12.2 Å². The molecule has 0 unspecified atom stereocenters. The number of hydrogen-bond donors (Lipinski definition) is 0. The lowest BCUT2D eigenvalue weighted by Crippen LogP contribution is -2.50. The monoisotopic (exact) mass is 390 g/mol. The first-order chi connectivity index (χ1) is 12.6. The van der Waals surface area contributed by atoms with E-state index in [-0.39, 0.29) is 22.4 Å². The van der Waals surface area contributed by atoms with Gasteiger partial charge in [0.2, 0.25) is 0 Å². The summed E-state index contributed by atoms with van der Waals surface area (Å²) in [5, 5.41) is 0.